The molecule has 4 aromatic rings. The Labute approximate surface area is 224 Å². The van der Waals surface area contributed by atoms with Crippen molar-refractivity contribution in [2.24, 2.45) is 0 Å². The van der Waals surface area contributed by atoms with Crippen LogP contribution in [0.5, 0.6) is 0 Å². The van der Waals surface area contributed by atoms with E-state index in [1.165, 1.54) is 4.90 Å². The van der Waals surface area contributed by atoms with Crippen molar-refractivity contribution in [2.45, 2.75) is 43.9 Å². The summed E-state index contributed by atoms with van der Waals surface area (Å²) >= 11 is 6.18. The fourth-order valence-electron chi connectivity index (χ4n) is 4.99. The van der Waals surface area contributed by atoms with Gasteiger partial charge < -0.3 is 15.1 Å². The van der Waals surface area contributed by atoms with Crippen LogP contribution in [0.25, 0.3) is 5.69 Å². The minimum Gasteiger partial charge on any atom is -0.382 e. The van der Waals surface area contributed by atoms with E-state index in [-0.39, 0.29) is 18.9 Å². The number of benzene rings is 2. The summed E-state index contributed by atoms with van der Waals surface area (Å²) in [5, 5.41) is 33.2. The van der Waals surface area contributed by atoms with Crippen LogP contribution in [-0.4, -0.2) is 65.5 Å². The van der Waals surface area contributed by atoms with Crippen LogP contribution in [0.15, 0.2) is 73.2 Å². The Balaban J connectivity index is 1.28. The summed E-state index contributed by atoms with van der Waals surface area (Å²) in [6.07, 6.45) is 1.87. The molecule has 0 aliphatic carbocycles. The van der Waals surface area contributed by atoms with Gasteiger partial charge in [-0.05, 0) is 65.4 Å². The molecule has 0 bridgehead atoms. The van der Waals surface area contributed by atoms with Gasteiger partial charge in [0.15, 0.2) is 11.9 Å². The predicted octanol–water partition coefficient (Wildman–Crippen LogP) is 3.21. The van der Waals surface area contributed by atoms with Crippen LogP contribution in [0, 0.1) is 0 Å². The lowest BCUT2D eigenvalue weighted by Crippen LogP contribution is -2.51. The van der Waals surface area contributed by atoms with Crippen LogP contribution in [-0.2, 0) is 16.0 Å². The lowest BCUT2D eigenvalue weighted by atomic mass is 9.89. The van der Waals surface area contributed by atoms with E-state index in [0.717, 1.165) is 22.4 Å². The highest BCUT2D eigenvalue weighted by Crippen LogP contribution is 2.36. The van der Waals surface area contributed by atoms with Gasteiger partial charge in [0, 0.05) is 36.6 Å². The van der Waals surface area contributed by atoms with Gasteiger partial charge in [-0.1, -0.05) is 36.7 Å². The number of Topliss-reactive ketones (excluding diaryl/α,β-unsaturated/α-hetero) is 1. The number of nitrogens with one attached hydrogen (secondary N) is 1. The van der Waals surface area contributed by atoms with Crippen molar-refractivity contribution in [2.75, 3.05) is 6.54 Å². The highest BCUT2D eigenvalue weighted by molar-refractivity contribution is 6.30. The molecule has 0 fully saturated rings. The molecule has 1 unspecified atom stereocenters. The van der Waals surface area contributed by atoms with E-state index in [2.05, 4.69) is 15.3 Å². The number of halogens is 1. The van der Waals surface area contributed by atoms with Crippen molar-refractivity contribution in [1.29, 1.82) is 0 Å². The Kier molecular flexibility index (Phi) is 7.42. The summed E-state index contributed by atoms with van der Waals surface area (Å²) in [6, 6.07) is 16.1. The number of H-pyrrole nitrogens is 1. The van der Waals surface area contributed by atoms with Crippen LogP contribution in [0.1, 0.15) is 47.7 Å². The Morgan fingerprint density at radius 1 is 1.11 bits per heavy atom. The van der Waals surface area contributed by atoms with E-state index >= 15 is 0 Å². The van der Waals surface area contributed by atoms with Gasteiger partial charge in [-0.3, -0.25) is 14.7 Å². The first kappa shape index (κ1) is 25.8. The van der Waals surface area contributed by atoms with Gasteiger partial charge in [0.1, 0.15) is 6.10 Å². The highest BCUT2D eigenvalue weighted by Gasteiger charge is 2.39. The molecule has 3 N–H and O–H groups in total. The number of hydrogen-bond acceptors (Lipinski definition) is 6. The smallest absolute Gasteiger partial charge is 0.255 e. The number of aliphatic hydroxyl groups is 2. The van der Waals surface area contributed by atoms with E-state index in [4.69, 9.17) is 11.6 Å². The van der Waals surface area contributed by atoms with Crippen molar-refractivity contribution in [3.63, 3.8) is 0 Å². The third-order valence-electron chi connectivity index (χ3n) is 7.05. The zero-order valence-corrected chi connectivity index (χ0v) is 21.5. The van der Waals surface area contributed by atoms with E-state index < -0.39 is 29.9 Å². The maximum atomic E-state index is 13.4. The molecule has 1 amide bonds. The second-order valence-corrected chi connectivity index (χ2v) is 9.98. The number of aromatic nitrogens is 4. The van der Waals surface area contributed by atoms with Crippen LogP contribution in [0.2, 0.25) is 5.02 Å². The minimum absolute atomic E-state index is 0.0298. The summed E-state index contributed by atoms with van der Waals surface area (Å²) < 4.78 is 1.73. The molecular weight excluding hydrogens is 506 g/mol. The molecule has 0 saturated carbocycles. The average molecular weight is 534 g/mol. The number of ketones is 1. The van der Waals surface area contributed by atoms with Gasteiger partial charge in [0.25, 0.3) is 5.91 Å². The number of hydrogen-bond donors (Lipinski definition) is 3. The highest BCUT2D eigenvalue weighted by atomic mass is 35.5. The molecule has 0 saturated heterocycles. The summed E-state index contributed by atoms with van der Waals surface area (Å²) in [4.78, 5) is 27.8. The zero-order chi connectivity index (χ0) is 26.8. The largest absolute Gasteiger partial charge is 0.382 e. The molecule has 0 spiro atoms. The first-order valence-corrected chi connectivity index (χ1v) is 12.8. The number of aliphatic hydroxyl groups excluding tert-OH is 2. The topological polar surface area (TPSA) is 124 Å². The molecule has 1 aliphatic rings. The van der Waals surface area contributed by atoms with Crippen LogP contribution >= 0.6 is 11.6 Å². The van der Waals surface area contributed by atoms with Gasteiger partial charge in [-0.25, -0.2) is 4.68 Å². The molecular formula is C28H28ClN5O4. The van der Waals surface area contributed by atoms with E-state index in [1.54, 1.807) is 29.2 Å². The normalized spacial score (nSPS) is 17.5. The quantitative estimate of drug-likeness (QED) is 0.319. The van der Waals surface area contributed by atoms with E-state index in [9.17, 15) is 19.8 Å². The molecule has 5 rings (SSSR count). The molecule has 4 atom stereocenters. The predicted molar refractivity (Wildman–Crippen MR) is 141 cm³/mol. The third kappa shape index (κ3) is 5.13. The van der Waals surface area contributed by atoms with Gasteiger partial charge >= 0.3 is 0 Å². The molecule has 196 valence electrons. The Bertz CT molecular complexity index is 1410. The fourth-order valence-corrected chi connectivity index (χ4v) is 5.18. The molecule has 38 heavy (non-hydrogen) atoms. The van der Waals surface area contributed by atoms with Crippen LogP contribution < -0.4 is 0 Å². The maximum absolute atomic E-state index is 13.4. The van der Waals surface area contributed by atoms with Gasteiger partial charge in [0.2, 0.25) is 0 Å². The molecule has 2 aromatic heterocycles. The number of carbonyl (C=O) groups excluding carboxylic acids is 2. The van der Waals surface area contributed by atoms with Crippen molar-refractivity contribution in [1.82, 2.24) is 24.9 Å². The molecule has 10 heteroatoms. The minimum atomic E-state index is -1.89. The number of rotatable bonds is 8. The van der Waals surface area contributed by atoms with E-state index in [1.807, 2.05) is 55.6 Å². The SMILES string of the molecule is C[C@@H](CC(=O)[C@H](O)[C@@H](O)C(=O)N1CCc2cc(Cl)ccc2C1c1ccn[nH]1)c1ccc(-n2cccn2)cc1. The van der Waals surface area contributed by atoms with Gasteiger partial charge in [-0.2, -0.15) is 10.2 Å². The molecule has 9 nitrogen and oxygen atoms in total. The summed E-state index contributed by atoms with van der Waals surface area (Å²) in [5.41, 5.74) is 4.27. The monoisotopic (exact) mass is 533 g/mol. The third-order valence-corrected chi connectivity index (χ3v) is 7.29. The summed E-state index contributed by atoms with van der Waals surface area (Å²) in [6.45, 7) is 2.15. The van der Waals surface area contributed by atoms with Crippen molar-refractivity contribution < 1.29 is 19.8 Å². The first-order valence-electron chi connectivity index (χ1n) is 12.4. The zero-order valence-electron chi connectivity index (χ0n) is 20.7. The second kappa shape index (κ2) is 10.9. The number of fused-ring (bicyclic) bond motifs is 1. The number of amides is 1. The van der Waals surface area contributed by atoms with Crippen LogP contribution in [0.3, 0.4) is 0 Å². The molecule has 3 heterocycles. The maximum Gasteiger partial charge on any atom is 0.255 e. The lowest BCUT2D eigenvalue weighted by molar-refractivity contribution is -0.154. The number of aromatic amines is 1. The summed E-state index contributed by atoms with van der Waals surface area (Å²) in [5.74, 6) is -1.55. The lowest BCUT2D eigenvalue weighted by Gasteiger charge is -2.38. The van der Waals surface area contributed by atoms with E-state index in [0.29, 0.717) is 17.1 Å². The van der Waals surface area contributed by atoms with Crippen molar-refractivity contribution in [3.8, 4) is 5.69 Å². The fraction of sp³-hybridized carbons (Fsp3) is 0.286. The number of nitrogens with zero attached hydrogens (tertiary/aromatic N) is 4. The Hall–Kier alpha value is -3.79. The van der Waals surface area contributed by atoms with Gasteiger partial charge in [0.05, 0.1) is 17.4 Å². The summed E-state index contributed by atoms with van der Waals surface area (Å²) in [7, 11) is 0. The van der Waals surface area contributed by atoms with Gasteiger partial charge in [-0.15, -0.1) is 0 Å². The molecule has 1 aliphatic heterocycles. The Morgan fingerprint density at radius 3 is 2.58 bits per heavy atom. The standard InChI is InChI=1S/C28H28ClN5O4/c1-17(18-3-6-21(7-4-18)34-13-2-11-31-34)15-24(35)26(36)27(37)28(38)33-14-10-19-16-20(29)5-8-22(19)25(33)23-9-12-30-32-23/h2-9,11-13,16-17,25-27,36-37H,10,14-15H2,1H3,(H,30,32)/t17-,25?,26-,27+/m0/s1. The van der Waals surface area contributed by atoms with Crippen molar-refractivity contribution >= 4 is 23.3 Å². The second-order valence-electron chi connectivity index (χ2n) is 9.54. The molecule has 2 aromatic carbocycles. The van der Waals surface area contributed by atoms with Crippen LogP contribution in [0.4, 0.5) is 0 Å². The van der Waals surface area contributed by atoms with Crippen molar-refractivity contribution in [3.05, 3.63) is 101 Å². The first-order chi connectivity index (χ1) is 18.3. The molecule has 0 radical (unpaired) electrons. The number of carbonyl (C=O) groups is 2. The average Bonchev–Trinajstić information content (AvgIpc) is 3.66. The Morgan fingerprint density at radius 2 is 1.89 bits per heavy atom.